The Kier molecular flexibility index (Phi) is 8.45. The van der Waals surface area contributed by atoms with Gasteiger partial charge in [0.1, 0.15) is 0 Å². The Hall–Kier alpha value is -8.00. The zero-order valence-corrected chi connectivity index (χ0v) is 37.1. The average Bonchev–Trinajstić information content (AvgIpc) is 3.86. The minimum Gasteiger partial charge on any atom is -0.310 e. The molecule has 0 aliphatic heterocycles. The largest absolute Gasteiger partial charge is 0.310 e. The smallest absolute Gasteiger partial charge is 0.0740 e. The van der Waals surface area contributed by atoms with Gasteiger partial charge in [0.25, 0.3) is 0 Å². The molecule has 0 radical (unpaired) electrons. The summed E-state index contributed by atoms with van der Waals surface area (Å²) in [7, 11) is 0. The molecule has 1 nitrogen and oxygen atoms in total. The second-order valence-electron chi connectivity index (χ2n) is 18.7. The van der Waals surface area contributed by atoms with E-state index in [0.717, 1.165) is 11.4 Å². The standard InChI is InChI=1S/C65H47N/c1-63(2)57-36-18-19-37-58(57)65(55-34-16-12-28-50(55)51-29-13-17-35-56(51)65)62-59(63)38-21-39-60(62)66(47-26-10-5-11-27-47)48-42-40-44(41-43-48)49-31-20-32-53-52-30-14-15-33-54(52)64(61(49)53,45-22-6-3-7-23-45)46-24-8-4-9-25-46/h3-43H,1-2H3. The highest BCUT2D eigenvalue weighted by molar-refractivity contribution is 5.95. The van der Waals surface area contributed by atoms with Gasteiger partial charge in [0.2, 0.25) is 0 Å². The number of hydrogen-bond donors (Lipinski definition) is 0. The first-order chi connectivity index (χ1) is 32.5. The lowest BCUT2D eigenvalue weighted by Crippen LogP contribution is -2.41. The molecule has 3 aliphatic rings. The first-order valence-corrected chi connectivity index (χ1v) is 23.3. The van der Waals surface area contributed by atoms with Crippen molar-refractivity contribution in [2.75, 3.05) is 4.90 Å². The summed E-state index contributed by atoms with van der Waals surface area (Å²) < 4.78 is 0. The van der Waals surface area contributed by atoms with Crippen molar-refractivity contribution in [3.8, 4) is 33.4 Å². The van der Waals surface area contributed by atoms with Gasteiger partial charge in [-0.25, -0.2) is 0 Å². The maximum atomic E-state index is 2.52. The monoisotopic (exact) mass is 841 g/mol. The lowest BCUT2D eigenvalue weighted by atomic mass is 9.55. The highest BCUT2D eigenvalue weighted by Crippen LogP contribution is 2.65. The lowest BCUT2D eigenvalue weighted by molar-refractivity contribution is 0.564. The molecule has 10 aromatic carbocycles. The Morgan fingerprint density at radius 3 is 1.27 bits per heavy atom. The summed E-state index contributed by atoms with van der Waals surface area (Å²) in [5.41, 5.74) is 23.0. The highest BCUT2D eigenvalue weighted by Gasteiger charge is 2.55. The Balaban J connectivity index is 1.05. The van der Waals surface area contributed by atoms with Crippen LogP contribution in [-0.4, -0.2) is 0 Å². The van der Waals surface area contributed by atoms with E-state index >= 15 is 0 Å². The highest BCUT2D eigenvalue weighted by atomic mass is 15.1. The molecule has 0 atom stereocenters. The van der Waals surface area contributed by atoms with E-state index in [4.69, 9.17) is 0 Å². The number of rotatable bonds is 6. The van der Waals surface area contributed by atoms with Gasteiger partial charge in [0, 0.05) is 16.8 Å². The summed E-state index contributed by atoms with van der Waals surface area (Å²) in [6.07, 6.45) is 0. The van der Waals surface area contributed by atoms with Crippen molar-refractivity contribution >= 4 is 17.1 Å². The number of fused-ring (bicyclic) bond motifs is 12. The fourth-order valence-electron chi connectivity index (χ4n) is 12.6. The predicted molar refractivity (Wildman–Crippen MR) is 273 cm³/mol. The van der Waals surface area contributed by atoms with E-state index in [1.807, 2.05) is 0 Å². The number of nitrogens with zero attached hydrogens (tertiary/aromatic N) is 1. The van der Waals surface area contributed by atoms with Crippen LogP contribution in [0.3, 0.4) is 0 Å². The average molecular weight is 842 g/mol. The van der Waals surface area contributed by atoms with Crippen LogP contribution in [0.4, 0.5) is 17.1 Å². The molecule has 1 heteroatoms. The Labute approximate surface area is 388 Å². The normalized spacial score (nSPS) is 14.9. The molecule has 312 valence electrons. The van der Waals surface area contributed by atoms with Gasteiger partial charge >= 0.3 is 0 Å². The lowest BCUT2D eigenvalue weighted by Gasteiger charge is -2.48. The molecule has 66 heavy (non-hydrogen) atoms. The van der Waals surface area contributed by atoms with Crippen LogP contribution < -0.4 is 4.90 Å². The third kappa shape index (κ3) is 5.11. The summed E-state index contributed by atoms with van der Waals surface area (Å²) in [4.78, 5) is 2.52. The van der Waals surface area contributed by atoms with Crippen molar-refractivity contribution in [2.45, 2.75) is 30.1 Å². The molecular formula is C65H47N. The fourth-order valence-corrected chi connectivity index (χ4v) is 12.6. The van der Waals surface area contributed by atoms with E-state index in [9.17, 15) is 0 Å². The number of benzene rings is 10. The quantitative estimate of drug-likeness (QED) is 0.161. The molecule has 0 aromatic heterocycles. The van der Waals surface area contributed by atoms with E-state index < -0.39 is 10.8 Å². The predicted octanol–water partition coefficient (Wildman–Crippen LogP) is 16.2. The van der Waals surface area contributed by atoms with E-state index in [2.05, 4.69) is 267 Å². The van der Waals surface area contributed by atoms with Crippen molar-refractivity contribution in [1.82, 2.24) is 0 Å². The topological polar surface area (TPSA) is 3.24 Å². The minimum absolute atomic E-state index is 0.263. The summed E-state index contributed by atoms with van der Waals surface area (Å²) in [5.74, 6) is 0. The van der Waals surface area contributed by atoms with Gasteiger partial charge in [0.15, 0.2) is 0 Å². The number of para-hydroxylation sites is 1. The van der Waals surface area contributed by atoms with E-state index in [0.29, 0.717) is 0 Å². The van der Waals surface area contributed by atoms with Gasteiger partial charge in [-0.2, -0.15) is 0 Å². The molecule has 0 saturated heterocycles. The SMILES string of the molecule is CC1(C)c2ccccc2C2(c3ccccc3-c3ccccc32)c2c(N(c3ccccc3)c3ccc(-c4cccc5c4C(c4ccccc4)(c4ccccc4)c4ccccc4-5)cc3)cccc21. The maximum absolute atomic E-state index is 2.52. The summed E-state index contributed by atoms with van der Waals surface area (Å²) in [6.45, 7) is 4.83. The third-order valence-corrected chi connectivity index (χ3v) is 15.2. The molecule has 3 aliphatic carbocycles. The Bertz CT molecular complexity index is 3410. The summed E-state index contributed by atoms with van der Waals surface area (Å²) in [5, 5.41) is 0. The van der Waals surface area contributed by atoms with Gasteiger partial charge in [0.05, 0.1) is 16.5 Å². The van der Waals surface area contributed by atoms with Crippen LogP contribution in [0.25, 0.3) is 33.4 Å². The van der Waals surface area contributed by atoms with Crippen LogP contribution in [0.2, 0.25) is 0 Å². The Morgan fingerprint density at radius 2 is 0.682 bits per heavy atom. The van der Waals surface area contributed by atoms with Crippen molar-refractivity contribution < 1.29 is 0 Å². The Morgan fingerprint density at radius 1 is 0.273 bits per heavy atom. The van der Waals surface area contributed by atoms with Crippen LogP contribution in [0.5, 0.6) is 0 Å². The van der Waals surface area contributed by atoms with Crippen molar-refractivity contribution in [1.29, 1.82) is 0 Å². The van der Waals surface area contributed by atoms with E-state index in [1.165, 1.54) is 94.7 Å². The molecule has 0 unspecified atom stereocenters. The third-order valence-electron chi connectivity index (χ3n) is 15.2. The van der Waals surface area contributed by atoms with Crippen molar-refractivity contribution in [3.63, 3.8) is 0 Å². The number of hydrogen-bond acceptors (Lipinski definition) is 1. The minimum atomic E-state index is -0.546. The van der Waals surface area contributed by atoms with Crippen LogP contribution >= 0.6 is 0 Å². The van der Waals surface area contributed by atoms with Crippen LogP contribution in [-0.2, 0) is 16.2 Å². The molecule has 0 heterocycles. The van der Waals surface area contributed by atoms with Gasteiger partial charge in [-0.1, -0.05) is 232 Å². The first kappa shape index (κ1) is 38.5. The van der Waals surface area contributed by atoms with Crippen LogP contribution in [0, 0.1) is 0 Å². The van der Waals surface area contributed by atoms with E-state index in [-0.39, 0.29) is 5.41 Å². The molecule has 13 rings (SSSR count). The molecule has 1 spiro atoms. The van der Waals surface area contributed by atoms with Crippen molar-refractivity contribution in [3.05, 3.63) is 304 Å². The molecule has 0 fully saturated rings. The molecule has 10 aromatic rings. The van der Waals surface area contributed by atoms with Gasteiger partial charge in [-0.15, -0.1) is 0 Å². The molecule has 0 amide bonds. The molecule has 0 bridgehead atoms. The molecular weight excluding hydrogens is 795 g/mol. The van der Waals surface area contributed by atoms with Crippen LogP contribution in [0.1, 0.15) is 69.5 Å². The van der Waals surface area contributed by atoms with Gasteiger partial charge < -0.3 is 4.90 Å². The first-order valence-electron chi connectivity index (χ1n) is 23.3. The van der Waals surface area contributed by atoms with Gasteiger partial charge in [-0.05, 0) is 119 Å². The summed E-state index contributed by atoms with van der Waals surface area (Å²) >= 11 is 0. The summed E-state index contributed by atoms with van der Waals surface area (Å²) in [6, 6.07) is 93.1. The van der Waals surface area contributed by atoms with Crippen molar-refractivity contribution in [2.24, 2.45) is 0 Å². The number of anilines is 3. The zero-order valence-electron chi connectivity index (χ0n) is 37.1. The van der Waals surface area contributed by atoms with Gasteiger partial charge in [-0.3, -0.25) is 0 Å². The zero-order chi connectivity index (χ0) is 44.0. The second-order valence-corrected chi connectivity index (χ2v) is 18.7. The molecule has 0 saturated carbocycles. The second kappa shape index (κ2) is 14.5. The van der Waals surface area contributed by atoms with E-state index in [1.54, 1.807) is 0 Å². The fraction of sp³-hybridized carbons (Fsp3) is 0.0769. The molecule has 0 N–H and O–H groups in total. The maximum Gasteiger partial charge on any atom is 0.0740 e. The van der Waals surface area contributed by atoms with Crippen LogP contribution in [0.15, 0.2) is 249 Å².